The van der Waals surface area contributed by atoms with Crippen molar-refractivity contribution < 1.29 is 14.0 Å². The monoisotopic (exact) mass is 418 g/mol. The quantitative estimate of drug-likeness (QED) is 0.301. The third-order valence-electron chi connectivity index (χ3n) is 5.07. The molecular weight excluding hydrogens is 399 g/mol. The maximum Gasteiger partial charge on any atom is 0.193 e. The summed E-state index contributed by atoms with van der Waals surface area (Å²) in [5.41, 5.74) is 4.89. The molecule has 4 rings (SSSR count). The highest BCUT2D eigenvalue weighted by Crippen LogP contribution is 2.14. The number of ketones is 2. The fraction of sp³-hybridized carbons (Fsp3) is 0.0345. The number of carbonyl (C=O) groups excluding carboxylic acids is 2. The van der Waals surface area contributed by atoms with Crippen LogP contribution in [0.4, 0.5) is 4.39 Å². The Balaban J connectivity index is 1.45. The lowest BCUT2D eigenvalue weighted by Crippen LogP contribution is -2.01. The van der Waals surface area contributed by atoms with E-state index in [0.29, 0.717) is 22.3 Å². The van der Waals surface area contributed by atoms with E-state index in [1.54, 1.807) is 36.4 Å². The third kappa shape index (κ3) is 4.88. The summed E-state index contributed by atoms with van der Waals surface area (Å²) in [5, 5.41) is 0. The first kappa shape index (κ1) is 21.0. The molecule has 0 aromatic heterocycles. The molecule has 154 valence electrons. The molecule has 0 fully saturated rings. The molecule has 0 amide bonds. The van der Waals surface area contributed by atoms with E-state index in [1.807, 2.05) is 43.3 Å². The summed E-state index contributed by atoms with van der Waals surface area (Å²) in [5.74, 6) is 5.57. The lowest BCUT2D eigenvalue weighted by molar-refractivity contribution is 0.103. The minimum atomic E-state index is -0.375. The lowest BCUT2D eigenvalue weighted by Gasteiger charge is -2.02. The van der Waals surface area contributed by atoms with Crippen LogP contribution in [0.1, 0.15) is 48.5 Å². The first-order valence-electron chi connectivity index (χ1n) is 10.1. The number of benzene rings is 4. The summed E-state index contributed by atoms with van der Waals surface area (Å²) >= 11 is 0. The summed E-state index contributed by atoms with van der Waals surface area (Å²) in [6.07, 6.45) is 0. The van der Waals surface area contributed by atoms with E-state index >= 15 is 0 Å². The largest absolute Gasteiger partial charge is 0.289 e. The smallest absolute Gasteiger partial charge is 0.193 e. The Morgan fingerprint density at radius 1 is 0.531 bits per heavy atom. The van der Waals surface area contributed by atoms with Crippen molar-refractivity contribution in [2.75, 3.05) is 0 Å². The van der Waals surface area contributed by atoms with Crippen molar-refractivity contribution in [3.63, 3.8) is 0 Å². The van der Waals surface area contributed by atoms with E-state index in [1.165, 1.54) is 24.3 Å². The molecule has 32 heavy (non-hydrogen) atoms. The number of carbonyl (C=O) groups is 2. The lowest BCUT2D eigenvalue weighted by atomic mass is 10.0. The van der Waals surface area contributed by atoms with Crippen molar-refractivity contribution in [3.05, 3.63) is 142 Å². The van der Waals surface area contributed by atoms with Gasteiger partial charge in [-0.1, -0.05) is 41.7 Å². The van der Waals surface area contributed by atoms with Gasteiger partial charge in [-0.2, -0.15) is 0 Å². The average Bonchev–Trinajstić information content (AvgIpc) is 2.83. The van der Waals surface area contributed by atoms with Gasteiger partial charge in [0.25, 0.3) is 0 Å². The van der Waals surface area contributed by atoms with Gasteiger partial charge in [0.05, 0.1) is 0 Å². The van der Waals surface area contributed by atoms with Crippen molar-refractivity contribution in [3.8, 4) is 11.8 Å². The second-order valence-electron chi connectivity index (χ2n) is 7.44. The number of hydrogen-bond acceptors (Lipinski definition) is 2. The van der Waals surface area contributed by atoms with E-state index in [2.05, 4.69) is 11.8 Å². The number of halogens is 1. The van der Waals surface area contributed by atoms with Crippen LogP contribution in [0.15, 0.2) is 97.1 Å². The minimum absolute atomic E-state index is 0.0223. The molecule has 0 saturated carbocycles. The molecule has 4 aromatic rings. The normalized spacial score (nSPS) is 10.2. The first-order chi connectivity index (χ1) is 15.5. The molecule has 0 aliphatic heterocycles. The summed E-state index contributed by atoms with van der Waals surface area (Å²) in [6, 6.07) is 27.1. The van der Waals surface area contributed by atoms with Gasteiger partial charge in [-0.05, 0) is 79.7 Å². The molecule has 0 atom stereocenters. The maximum absolute atomic E-state index is 13.0. The van der Waals surface area contributed by atoms with Crippen LogP contribution >= 0.6 is 0 Å². The molecule has 0 aliphatic carbocycles. The van der Waals surface area contributed by atoms with Crippen LogP contribution in [-0.4, -0.2) is 11.6 Å². The van der Waals surface area contributed by atoms with E-state index in [-0.39, 0.29) is 17.4 Å². The van der Waals surface area contributed by atoms with Gasteiger partial charge in [0.2, 0.25) is 0 Å². The summed E-state index contributed by atoms with van der Waals surface area (Å²) < 4.78 is 13.0. The molecular formula is C29H19FO2. The summed E-state index contributed by atoms with van der Waals surface area (Å²) in [4.78, 5) is 25.0. The molecule has 2 nitrogen and oxygen atoms in total. The zero-order valence-corrected chi connectivity index (χ0v) is 17.4. The van der Waals surface area contributed by atoms with Gasteiger partial charge < -0.3 is 0 Å². The maximum atomic E-state index is 13.0. The van der Waals surface area contributed by atoms with Crippen molar-refractivity contribution in [2.24, 2.45) is 0 Å². The standard InChI is InChI=1S/C29H19FO2/c1-20-2-10-23(11-3-20)28(31)24-12-6-21(7-13-24)4-5-22-8-14-25(15-9-22)29(32)26-16-18-27(30)19-17-26/h2-3,6-19H,1H3. The van der Waals surface area contributed by atoms with Gasteiger partial charge in [0.15, 0.2) is 11.6 Å². The molecule has 0 aliphatic rings. The number of hydrogen-bond donors (Lipinski definition) is 0. The molecule has 0 N–H and O–H groups in total. The highest BCUT2D eigenvalue weighted by atomic mass is 19.1. The van der Waals surface area contributed by atoms with Crippen molar-refractivity contribution >= 4 is 11.6 Å². The molecule has 0 unspecified atom stereocenters. The second-order valence-corrected chi connectivity index (χ2v) is 7.44. The van der Waals surface area contributed by atoms with Crippen LogP contribution in [0.25, 0.3) is 0 Å². The average molecular weight is 418 g/mol. The van der Waals surface area contributed by atoms with Crippen LogP contribution in [-0.2, 0) is 0 Å². The SMILES string of the molecule is Cc1ccc(C(=O)c2ccc(C#Cc3ccc(C(=O)c4ccc(F)cc4)cc3)cc2)cc1. The van der Waals surface area contributed by atoms with Crippen LogP contribution < -0.4 is 0 Å². The van der Waals surface area contributed by atoms with Crippen molar-refractivity contribution in [1.29, 1.82) is 0 Å². The third-order valence-corrected chi connectivity index (χ3v) is 5.07. The zero-order valence-electron chi connectivity index (χ0n) is 17.4. The highest BCUT2D eigenvalue weighted by molar-refractivity contribution is 6.09. The fourth-order valence-corrected chi connectivity index (χ4v) is 3.19. The van der Waals surface area contributed by atoms with Crippen molar-refractivity contribution in [2.45, 2.75) is 6.92 Å². The summed E-state index contributed by atoms with van der Waals surface area (Å²) in [7, 11) is 0. The number of rotatable bonds is 4. The van der Waals surface area contributed by atoms with Gasteiger partial charge in [-0.25, -0.2) is 4.39 Å². The Bertz CT molecular complexity index is 1220. The highest BCUT2D eigenvalue weighted by Gasteiger charge is 2.09. The van der Waals surface area contributed by atoms with Crippen molar-refractivity contribution in [1.82, 2.24) is 0 Å². The number of aryl methyl sites for hydroxylation is 1. The predicted molar refractivity (Wildman–Crippen MR) is 123 cm³/mol. The van der Waals surface area contributed by atoms with Crippen LogP contribution in [0.2, 0.25) is 0 Å². The van der Waals surface area contributed by atoms with Crippen LogP contribution in [0, 0.1) is 24.6 Å². The van der Waals surface area contributed by atoms with Gasteiger partial charge in [-0.3, -0.25) is 9.59 Å². The predicted octanol–water partition coefficient (Wildman–Crippen LogP) is 6.00. The van der Waals surface area contributed by atoms with E-state index in [0.717, 1.165) is 16.7 Å². The van der Waals surface area contributed by atoms with Gasteiger partial charge >= 0.3 is 0 Å². The topological polar surface area (TPSA) is 34.1 Å². The second kappa shape index (κ2) is 9.24. The van der Waals surface area contributed by atoms with Crippen LogP contribution in [0.3, 0.4) is 0 Å². The van der Waals surface area contributed by atoms with Gasteiger partial charge in [0, 0.05) is 33.4 Å². The fourth-order valence-electron chi connectivity index (χ4n) is 3.19. The molecule has 0 radical (unpaired) electrons. The Morgan fingerprint density at radius 3 is 1.22 bits per heavy atom. The Labute approximate surface area is 186 Å². The molecule has 0 spiro atoms. The van der Waals surface area contributed by atoms with E-state index in [9.17, 15) is 14.0 Å². The Hall–Kier alpha value is -4.29. The zero-order chi connectivity index (χ0) is 22.5. The van der Waals surface area contributed by atoms with Gasteiger partial charge in [0.1, 0.15) is 5.82 Å². The summed E-state index contributed by atoms with van der Waals surface area (Å²) in [6.45, 7) is 1.98. The Kier molecular flexibility index (Phi) is 6.05. The molecule has 0 bridgehead atoms. The first-order valence-corrected chi connectivity index (χ1v) is 10.1. The minimum Gasteiger partial charge on any atom is -0.289 e. The Morgan fingerprint density at radius 2 is 0.844 bits per heavy atom. The molecule has 0 heterocycles. The van der Waals surface area contributed by atoms with E-state index in [4.69, 9.17) is 0 Å². The molecule has 3 heteroatoms. The van der Waals surface area contributed by atoms with E-state index < -0.39 is 0 Å². The van der Waals surface area contributed by atoms with Crippen LogP contribution in [0.5, 0.6) is 0 Å². The molecule has 4 aromatic carbocycles. The molecule has 0 saturated heterocycles. The van der Waals surface area contributed by atoms with Gasteiger partial charge in [-0.15, -0.1) is 0 Å².